The summed E-state index contributed by atoms with van der Waals surface area (Å²) in [6.45, 7) is 0. The summed E-state index contributed by atoms with van der Waals surface area (Å²) >= 11 is 8.98. The smallest absolute Gasteiger partial charge is 0.271 e. The molecule has 0 N–H and O–H groups in total. The molecule has 0 amide bonds. The quantitative estimate of drug-likeness (QED) is 0.421. The molecule has 5 heteroatoms. The van der Waals surface area contributed by atoms with E-state index in [1.54, 1.807) is 0 Å². The molecule has 0 bridgehead atoms. The summed E-state index contributed by atoms with van der Waals surface area (Å²) < 4.78 is 0. The van der Waals surface area contributed by atoms with Crippen LogP contribution in [0.2, 0.25) is 0 Å². The molecule has 0 aliphatic carbocycles. The summed E-state index contributed by atoms with van der Waals surface area (Å²) in [5, 5.41) is -2.28. The molecule has 7 heavy (non-hydrogen) atoms. The van der Waals surface area contributed by atoms with Crippen molar-refractivity contribution >= 4 is 33.7 Å². The Bertz CT molecular complexity index is 79.7. The molecular formula is C2ArCl2O2. The number of hydrogen-bond acceptors (Lipinski definition) is 2. The Morgan fingerprint density at radius 2 is 1.14 bits per heavy atom. The fourth-order valence-electron chi connectivity index (χ4n) is 0. The monoisotopic (exact) mass is 166 g/mol. The van der Waals surface area contributed by atoms with Gasteiger partial charge in [-0.15, -0.1) is 0 Å². The fourth-order valence-corrected chi connectivity index (χ4v) is 0. The molecule has 0 fully saturated rings. The Labute approximate surface area is 80.1 Å². The number of carbonyl (C=O) groups excluding carboxylic acids is 2. The first-order chi connectivity index (χ1) is 2.64. The molecule has 0 radical (unpaired) electrons. The summed E-state index contributed by atoms with van der Waals surface area (Å²) in [7, 11) is 0. The standard InChI is InChI=1S/C2Cl2O2.Ar/c3-1(5)2(4)6;. The second-order valence-corrected chi connectivity index (χ2v) is 1.23. The molecule has 0 heterocycles. The molecule has 0 aliphatic rings. The summed E-state index contributed by atoms with van der Waals surface area (Å²) in [6, 6.07) is 0. The Morgan fingerprint density at radius 3 is 1.14 bits per heavy atom. The molecule has 0 spiro atoms. The summed E-state index contributed by atoms with van der Waals surface area (Å²) in [4.78, 5) is 18.9. The largest absolute Gasteiger partial charge is 0.304 e. The Kier molecular flexibility index (Phi) is 8.39. The first-order valence-corrected chi connectivity index (χ1v) is 1.79. The minimum Gasteiger partial charge on any atom is -0.271 e. The first kappa shape index (κ1) is 11.0. The van der Waals surface area contributed by atoms with Gasteiger partial charge in [0.15, 0.2) is 0 Å². The van der Waals surface area contributed by atoms with Crippen LogP contribution in [0.4, 0.5) is 0 Å². The van der Waals surface area contributed by atoms with E-state index in [-0.39, 0.29) is 37.7 Å². The normalized spacial score (nSPS) is 6.57. The van der Waals surface area contributed by atoms with E-state index in [9.17, 15) is 9.59 Å². The van der Waals surface area contributed by atoms with E-state index in [4.69, 9.17) is 0 Å². The molecule has 0 unspecified atom stereocenters. The molecule has 0 aromatic carbocycles. The van der Waals surface area contributed by atoms with Crippen molar-refractivity contribution in [2.24, 2.45) is 0 Å². The third kappa shape index (κ3) is 7.18. The van der Waals surface area contributed by atoms with E-state index in [2.05, 4.69) is 23.2 Å². The predicted molar refractivity (Wildman–Crippen MR) is 21.7 cm³/mol. The van der Waals surface area contributed by atoms with E-state index in [1.165, 1.54) is 0 Å². The van der Waals surface area contributed by atoms with Gasteiger partial charge in [-0.25, -0.2) is 0 Å². The summed E-state index contributed by atoms with van der Waals surface area (Å²) in [5.74, 6) is 0. The van der Waals surface area contributed by atoms with Gasteiger partial charge in [-0.3, -0.25) is 9.59 Å². The Hall–Kier alpha value is 1.18. The number of hydrogen-bond donors (Lipinski definition) is 0. The molecule has 0 rings (SSSR count). The average Bonchev–Trinajstić information content (AvgIpc) is 1.36. The van der Waals surface area contributed by atoms with Crippen LogP contribution in [0.5, 0.6) is 0 Å². The van der Waals surface area contributed by atoms with Gasteiger partial charge in [0.2, 0.25) is 0 Å². The van der Waals surface area contributed by atoms with Crippen molar-refractivity contribution in [2.45, 2.75) is 0 Å². The van der Waals surface area contributed by atoms with Crippen LogP contribution in [0.25, 0.3) is 0 Å². The van der Waals surface area contributed by atoms with Gasteiger partial charge in [0, 0.05) is 37.7 Å². The molecule has 0 saturated heterocycles. The van der Waals surface area contributed by atoms with Crippen LogP contribution < -0.4 is 0 Å². The Balaban J connectivity index is 0. The minimum absolute atomic E-state index is 0. The van der Waals surface area contributed by atoms with Crippen molar-refractivity contribution in [3.63, 3.8) is 0 Å². The Morgan fingerprint density at radius 1 is 1.00 bits per heavy atom. The molecule has 42 valence electrons. The SMILES string of the molecule is O=C(Cl)C(=O)Cl.[Ar]. The zero-order chi connectivity index (χ0) is 5.15. The van der Waals surface area contributed by atoms with Crippen LogP contribution in [-0.4, -0.2) is 10.5 Å². The third-order valence-electron chi connectivity index (χ3n) is 0.155. The van der Waals surface area contributed by atoms with Crippen molar-refractivity contribution in [2.75, 3.05) is 0 Å². The van der Waals surface area contributed by atoms with E-state index >= 15 is 0 Å². The zero-order valence-electron chi connectivity index (χ0n) is 2.93. The van der Waals surface area contributed by atoms with Crippen LogP contribution >= 0.6 is 23.2 Å². The average molecular weight is 167 g/mol. The van der Waals surface area contributed by atoms with E-state index in [0.717, 1.165) is 0 Å². The predicted octanol–water partition coefficient (Wildman–Crippen LogP) is 0.517. The van der Waals surface area contributed by atoms with Gasteiger partial charge in [-0.1, -0.05) is 0 Å². The van der Waals surface area contributed by atoms with Gasteiger partial charge in [-0.2, -0.15) is 0 Å². The zero-order valence-corrected chi connectivity index (χ0v) is 5.14. The number of rotatable bonds is 1. The first-order valence-electron chi connectivity index (χ1n) is 1.04. The molecule has 0 saturated carbocycles. The van der Waals surface area contributed by atoms with Gasteiger partial charge in [-0.05, 0) is 23.2 Å². The van der Waals surface area contributed by atoms with Crippen molar-refractivity contribution in [3.8, 4) is 0 Å². The molecule has 0 aromatic heterocycles. The van der Waals surface area contributed by atoms with Gasteiger partial charge in [0.25, 0.3) is 0 Å². The van der Waals surface area contributed by atoms with Gasteiger partial charge < -0.3 is 0 Å². The maximum Gasteiger partial charge on any atom is 0.304 e. The molecule has 2 nitrogen and oxygen atoms in total. The van der Waals surface area contributed by atoms with Crippen molar-refractivity contribution in [1.82, 2.24) is 0 Å². The van der Waals surface area contributed by atoms with Gasteiger partial charge >= 0.3 is 10.5 Å². The second-order valence-electron chi connectivity index (χ2n) is 0.547. The molecule has 0 aliphatic heterocycles. The molecule has 0 atom stereocenters. The third-order valence-corrected chi connectivity index (χ3v) is 0.595. The molecular weight excluding hydrogens is 167 g/mol. The van der Waals surface area contributed by atoms with Gasteiger partial charge in [0.1, 0.15) is 0 Å². The van der Waals surface area contributed by atoms with Crippen LogP contribution in [0.1, 0.15) is 0 Å². The van der Waals surface area contributed by atoms with Crippen LogP contribution in [-0.2, 0) is 9.59 Å². The topological polar surface area (TPSA) is 34.1 Å². The number of carbonyl (C=O) groups is 2. The van der Waals surface area contributed by atoms with Gasteiger partial charge in [0.05, 0.1) is 0 Å². The molecule has 0 aromatic rings. The van der Waals surface area contributed by atoms with Crippen LogP contribution in [0.3, 0.4) is 0 Å². The maximum absolute atomic E-state index is 9.43. The minimum atomic E-state index is -1.14. The van der Waals surface area contributed by atoms with E-state index < -0.39 is 10.5 Å². The van der Waals surface area contributed by atoms with E-state index in [1.807, 2.05) is 0 Å². The van der Waals surface area contributed by atoms with Crippen molar-refractivity contribution in [3.05, 3.63) is 0 Å². The van der Waals surface area contributed by atoms with Crippen LogP contribution in [0, 0.1) is 37.7 Å². The fraction of sp³-hybridized carbons (Fsp3) is 0. The maximum atomic E-state index is 9.43. The van der Waals surface area contributed by atoms with E-state index in [0.29, 0.717) is 0 Å². The second kappa shape index (κ2) is 5.32. The van der Waals surface area contributed by atoms with Crippen molar-refractivity contribution < 1.29 is 47.3 Å². The summed E-state index contributed by atoms with van der Waals surface area (Å²) in [6.07, 6.45) is 0. The van der Waals surface area contributed by atoms with Crippen molar-refractivity contribution in [1.29, 1.82) is 0 Å². The number of halogens is 2. The summed E-state index contributed by atoms with van der Waals surface area (Å²) in [5.41, 5.74) is 0. The van der Waals surface area contributed by atoms with Crippen LogP contribution in [0.15, 0.2) is 0 Å².